The fraction of sp³-hybridized carbons (Fsp3) is 0.450. The first-order valence-electron chi connectivity index (χ1n) is 9.91. The summed E-state index contributed by atoms with van der Waals surface area (Å²) in [5, 5.41) is 27.5. The Kier molecular flexibility index (Phi) is 10.2. The Labute approximate surface area is 184 Å². The molecule has 2 aromatic heterocycles. The fourth-order valence-electron chi connectivity index (χ4n) is 2.85. The molecule has 12 nitrogen and oxygen atoms in total. The summed E-state index contributed by atoms with van der Waals surface area (Å²) in [6.45, 7) is 4.83. The molecular weight excluding hydrogens is 422 g/mol. The lowest BCUT2D eigenvalue weighted by atomic mass is 10.2. The molecule has 0 aliphatic carbocycles. The van der Waals surface area contributed by atoms with Gasteiger partial charge in [0, 0.05) is 31.7 Å². The average molecular weight is 449 g/mol. The molecule has 174 valence electrons. The summed E-state index contributed by atoms with van der Waals surface area (Å²) in [5.41, 5.74) is 0. The van der Waals surface area contributed by atoms with E-state index in [-0.39, 0.29) is 12.3 Å². The molecular formula is C20H27N5O7. The van der Waals surface area contributed by atoms with Crippen molar-refractivity contribution in [3.05, 3.63) is 43.1 Å². The second kappa shape index (κ2) is 13.1. The number of piperazine rings is 1. The first kappa shape index (κ1) is 24.9. The van der Waals surface area contributed by atoms with E-state index in [1.165, 1.54) is 0 Å². The third-order valence-corrected chi connectivity index (χ3v) is 4.41. The van der Waals surface area contributed by atoms with Gasteiger partial charge >= 0.3 is 11.9 Å². The summed E-state index contributed by atoms with van der Waals surface area (Å²) in [7, 11) is 0. The number of aromatic nitrogens is 3. The summed E-state index contributed by atoms with van der Waals surface area (Å²) in [6.07, 6.45) is 5.97. The van der Waals surface area contributed by atoms with Crippen LogP contribution in [0.1, 0.15) is 13.3 Å². The number of carboxylic acids is 2. The van der Waals surface area contributed by atoms with Gasteiger partial charge in [0.25, 0.3) is 0 Å². The van der Waals surface area contributed by atoms with Crippen molar-refractivity contribution in [1.29, 1.82) is 0 Å². The molecule has 0 radical (unpaired) electrons. The third-order valence-electron chi connectivity index (χ3n) is 4.41. The molecule has 12 heteroatoms. The topological polar surface area (TPSA) is 167 Å². The third kappa shape index (κ3) is 8.41. The number of pyridine rings is 1. The number of hydrogen-bond acceptors (Lipinski definition) is 10. The van der Waals surface area contributed by atoms with E-state index >= 15 is 0 Å². The molecule has 3 heterocycles. The monoisotopic (exact) mass is 449 g/mol. The number of carboxylic acid groups (broad SMARTS) is 2. The summed E-state index contributed by atoms with van der Waals surface area (Å²) < 4.78 is 11.5. The van der Waals surface area contributed by atoms with Gasteiger partial charge in [0.1, 0.15) is 24.4 Å². The van der Waals surface area contributed by atoms with Crippen LogP contribution in [0.25, 0.3) is 0 Å². The number of anilines is 1. The predicted molar refractivity (Wildman–Crippen MR) is 112 cm³/mol. The van der Waals surface area contributed by atoms with Crippen molar-refractivity contribution in [2.75, 3.05) is 31.2 Å². The van der Waals surface area contributed by atoms with Crippen LogP contribution in [0.15, 0.2) is 43.1 Å². The van der Waals surface area contributed by atoms with E-state index in [1.54, 1.807) is 31.0 Å². The largest absolute Gasteiger partial charge is 0.490 e. The second-order valence-electron chi connectivity index (χ2n) is 6.73. The molecule has 2 unspecified atom stereocenters. The van der Waals surface area contributed by atoms with E-state index in [9.17, 15) is 9.59 Å². The number of nitrogens with zero attached hydrogens (tertiary/aromatic N) is 4. The summed E-state index contributed by atoms with van der Waals surface area (Å²) in [4.78, 5) is 34.1. The number of hydrogen-bond donors (Lipinski definition) is 4. The van der Waals surface area contributed by atoms with Gasteiger partial charge in [0.05, 0.1) is 31.5 Å². The highest BCUT2D eigenvalue weighted by molar-refractivity contribution is 5.79. The van der Waals surface area contributed by atoms with Gasteiger partial charge in [-0.25, -0.2) is 9.78 Å². The van der Waals surface area contributed by atoms with Crippen LogP contribution in [0.5, 0.6) is 5.75 Å². The van der Waals surface area contributed by atoms with Crippen LogP contribution in [-0.4, -0.2) is 86.9 Å². The SMILES string of the molecule is C[C@@H]1C(OCCOc2cccnc2)NCCN1c1cnccn1.O=C(O)CC(O)C(=O)O. The molecule has 3 atom stereocenters. The van der Waals surface area contributed by atoms with Crippen LogP contribution in [-0.2, 0) is 14.3 Å². The van der Waals surface area contributed by atoms with Crippen molar-refractivity contribution in [3.8, 4) is 5.75 Å². The number of ether oxygens (including phenoxy) is 2. The second-order valence-corrected chi connectivity index (χ2v) is 6.73. The van der Waals surface area contributed by atoms with Crippen molar-refractivity contribution in [2.45, 2.75) is 31.7 Å². The molecule has 3 rings (SSSR count). The maximum Gasteiger partial charge on any atom is 0.333 e. The smallest absolute Gasteiger partial charge is 0.333 e. The van der Waals surface area contributed by atoms with Gasteiger partial charge in [-0.3, -0.25) is 20.1 Å². The number of aliphatic carboxylic acids is 2. The number of aliphatic hydroxyl groups excluding tert-OH is 1. The lowest BCUT2D eigenvalue weighted by molar-refractivity contribution is -0.152. The van der Waals surface area contributed by atoms with Crippen molar-refractivity contribution >= 4 is 17.8 Å². The molecule has 0 bridgehead atoms. The summed E-state index contributed by atoms with van der Waals surface area (Å²) in [5.74, 6) is -1.22. The lowest BCUT2D eigenvalue weighted by Crippen LogP contribution is -2.58. The highest BCUT2D eigenvalue weighted by Gasteiger charge is 2.29. The number of carbonyl (C=O) groups is 2. The Morgan fingerprint density at radius 1 is 1.22 bits per heavy atom. The Morgan fingerprint density at radius 2 is 2.00 bits per heavy atom. The molecule has 0 saturated carbocycles. The highest BCUT2D eigenvalue weighted by Crippen LogP contribution is 2.17. The zero-order chi connectivity index (χ0) is 23.3. The highest BCUT2D eigenvalue weighted by atomic mass is 16.5. The minimum Gasteiger partial charge on any atom is -0.490 e. The van der Waals surface area contributed by atoms with Crippen molar-refractivity contribution in [1.82, 2.24) is 20.3 Å². The minimum absolute atomic E-state index is 0.0664. The Morgan fingerprint density at radius 3 is 2.59 bits per heavy atom. The van der Waals surface area contributed by atoms with Crippen LogP contribution in [0.3, 0.4) is 0 Å². The van der Waals surface area contributed by atoms with E-state index in [2.05, 4.69) is 32.1 Å². The molecule has 1 fully saturated rings. The van der Waals surface area contributed by atoms with E-state index in [0.717, 1.165) is 24.7 Å². The molecule has 32 heavy (non-hydrogen) atoms. The lowest BCUT2D eigenvalue weighted by Gasteiger charge is -2.40. The normalized spacial score (nSPS) is 18.8. The van der Waals surface area contributed by atoms with Crippen molar-refractivity contribution in [2.24, 2.45) is 0 Å². The molecule has 0 aromatic carbocycles. The van der Waals surface area contributed by atoms with Crippen molar-refractivity contribution < 1.29 is 34.4 Å². The van der Waals surface area contributed by atoms with E-state index in [0.29, 0.717) is 13.2 Å². The van der Waals surface area contributed by atoms with Crippen LogP contribution >= 0.6 is 0 Å². The van der Waals surface area contributed by atoms with E-state index in [4.69, 9.17) is 24.8 Å². The molecule has 2 aromatic rings. The fourth-order valence-corrected chi connectivity index (χ4v) is 2.85. The Balaban J connectivity index is 0.000000344. The first-order chi connectivity index (χ1) is 15.4. The zero-order valence-corrected chi connectivity index (χ0v) is 17.6. The van der Waals surface area contributed by atoms with Gasteiger partial charge in [-0.05, 0) is 19.1 Å². The van der Waals surface area contributed by atoms with Crippen LogP contribution in [0.4, 0.5) is 5.82 Å². The summed E-state index contributed by atoms with van der Waals surface area (Å²) in [6, 6.07) is 3.89. The van der Waals surface area contributed by atoms with Gasteiger partial charge < -0.3 is 29.7 Å². The molecule has 1 aliphatic heterocycles. The Bertz CT molecular complexity index is 828. The predicted octanol–water partition coefficient (Wildman–Crippen LogP) is -0.00200. The maximum atomic E-state index is 9.72. The molecule has 4 N–H and O–H groups in total. The number of aliphatic hydroxyl groups is 1. The Hall–Kier alpha value is -3.35. The number of nitrogens with one attached hydrogen (secondary N) is 1. The average Bonchev–Trinajstić information content (AvgIpc) is 2.79. The van der Waals surface area contributed by atoms with Crippen LogP contribution in [0, 0.1) is 0 Å². The van der Waals surface area contributed by atoms with E-state index < -0.39 is 24.5 Å². The van der Waals surface area contributed by atoms with Crippen LogP contribution in [0.2, 0.25) is 0 Å². The quantitative estimate of drug-likeness (QED) is 0.379. The minimum atomic E-state index is -1.79. The summed E-state index contributed by atoms with van der Waals surface area (Å²) >= 11 is 0. The standard InChI is InChI=1S/C16H21N5O2.C4H6O5/c1-13-16(23-10-9-22-14-3-2-4-17-11-14)20-7-8-21(13)15-12-18-5-6-19-15;5-2(4(8)9)1-3(6)7/h2-6,11-13,16,20H,7-10H2,1H3;2,5H,1H2,(H,6,7)(H,8,9)/t13-,16?;/m1./s1. The molecule has 0 amide bonds. The maximum absolute atomic E-state index is 9.72. The first-order valence-corrected chi connectivity index (χ1v) is 9.91. The molecule has 1 aliphatic rings. The number of rotatable bonds is 9. The van der Waals surface area contributed by atoms with Gasteiger partial charge in [-0.15, -0.1) is 0 Å². The molecule has 1 saturated heterocycles. The van der Waals surface area contributed by atoms with Gasteiger partial charge in [0.15, 0.2) is 6.10 Å². The van der Waals surface area contributed by atoms with E-state index in [1.807, 2.05) is 12.1 Å². The molecule has 0 spiro atoms. The van der Waals surface area contributed by atoms with Crippen LogP contribution < -0.4 is 15.0 Å². The zero-order valence-electron chi connectivity index (χ0n) is 17.6. The van der Waals surface area contributed by atoms with Gasteiger partial charge in [-0.2, -0.15) is 0 Å². The van der Waals surface area contributed by atoms with Gasteiger partial charge in [0.2, 0.25) is 0 Å². The van der Waals surface area contributed by atoms with Crippen molar-refractivity contribution in [3.63, 3.8) is 0 Å². The van der Waals surface area contributed by atoms with Gasteiger partial charge in [-0.1, -0.05) is 0 Å².